The lowest BCUT2D eigenvalue weighted by atomic mass is 9.59. The first kappa shape index (κ1) is 23.7. The van der Waals surface area contributed by atoms with E-state index < -0.39 is 35.0 Å². The molecule has 1 aromatic carbocycles. The van der Waals surface area contributed by atoms with Gasteiger partial charge in [0.15, 0.2) is 12.7 Å². The molecule has 5 fully saturated rings. The predicted octanol–water partition coefficient (Wildman–Crippen LogP) is -0.00290. The number of amides is 2. The molecule has 0 spiro atoms. The third kappa shape index (κ3) is 4.25. The third-order valence-electron chi connectivity index (χ3n) is 7.66. The second-order valence-corrected chi connectivity index (χ2v) is 10.2. The Kier molecular flexibility index (Phi) is 6.20. The number of nitrogens with zero attached hydrogens (tertiary/aromatic N) is 1. The molecular formula is C22H29ClFN5O5. The van der Waals surface area contributed by atoms with Gasteiger partial charge in [-0.2, -0.15) is 5.48 Å². The molecule has 0 aromatic heterocycles. The van der Waals surface area contributed by atoms with Crippen molar-refractivity contribution < 1.29 is 28.7 Å². The van der Waals surface area contributed by atoms with Crippen molar-refractivity contribution in [1.29, 1.82) is 0 Å². The highest BCUT2D eigenvalue weighted by Gasteiger charge is 2.57. The van der Waals surface area contributed by atoms with Gasteiger partial charge in [-0.1, -0.05) is 11.6 Å². The van der Waals surface area contributed by atoms with Crippen molar-refractivity contribution in [3.63, 3.8) is 0 Å². The number of carbonyl (C=O) groups excluding carboxylic acids is 2. The van der Waals surface area contributed by atoms with Crippen molar-refractivity contribution in [3.8, 4) is 5.75 Å². The van der Waals surface area contributed by atoms with E-state index in [2.05, 4.69) is 21.4 Å². The van der Waals surface area contributed by atoms with Gasteiger partial charge in [-0.15, -0.1) is 0 Å². The van der Waals surface area contributed by atoms with E-state index in [1.807, 2.05) is 11.9 Å². The predicted molar refractivity (Wildman–Crippen MR) is 119 cm³/mol. The van der Waals surface area contributed by atoms with Gasteiger partial charge in [-0.25, -0.2) is 4.39 Å². The highest BCUT2D eigenvalue weighted by Crippen LogP contribution is 2.47. The van der Waals surface area contributed by atoms with Crippen LogP contribution in [0.3, 0.4) is 0 Å². The number of benzene rings is 1. The monoisotopic (exact) mass is 497 g/mol. The summed E-state index contributed by atoms with van der Waals surface area (Å²) in [6.07, 6.45) is 1.06. The van der Waals surface area contributed by atoms with E-state index in [9.17, 15) is 19.1 Å². The van der Waals surface area contributed by atoms with Crippen LogP contribution < -0.4 is 26.2 Å². The SMILES string of the molecule is CN1CNC2NOC(C(=O)NC34CCC(NC(=O)COc5ccc(Cl)c(F)c5)(CC3)C(O)C4)C21. The highest BCUT2D eigenvalue weighted by atomic mass is 35.5. The number of halogens is 2. The zero-order valence-electron chi connectivity index (χ0n) is 18.8. The minimum absolute atomic E-state index is 0.0266. The Morgan fingerprint density at radius 2 is 2.09 bits per heavy atom. The largest absolute Gasteiger partial charge is 0.484 e. The fourth-order valence-corrected chi connectivity index (χ4v) is 5.81. The Morgan fingerprint density at radius 1 is 1.32 bits per heavy atom. The van der Waals surface area contributed by atoms with Gasteiger partial charge < -0.3 is 20.5 Å². The van der Waals surface area contributed by atoms with Gasteiger partial charge in [0.05, 0.1) is 22.7 Å². The summed E-state index contributed by atoms with van der Waals surface area (Å²) in [5.41, 5.74) is 1.56. The summed E-state index contributed by atoms with van der Waals surface area (Å²) >= 11 is 5.66. The van der Waals surface area contributed by atoms with Crippen molar-refractivity contribution in [1.82, 2.24) is 26.3 Å². The van der Waals surface area contributed by atoms with Crippen LogP contribution in [0.4, 0.5) is 4.39 Å². The number of rotatable bonds is 6. The average molecular weight is 498 g/mol. The topological polar surface area (TPSA) is 124 Å². The maximum atomic E-state index is 13.6. The molecule has 6 rings (SSSR count). The number of carbonyl (C=O) groups is 2. The standard InChI is InChI=1S/C22H29ClFN5O5/c1-29-11-25-19-17(29)18(34-28-19)20(32)27-21-4-6-22(7-5-21,15(30)9-21)26-16(31)10-33-12-2-3-13(23)14(24)8-12/h2-3,8,15,17-19,25,28,30H,4-7,9-11H2,1H3,(H,26,31)(H,27,32). The van der Waals surface area contributed by atoms with Crippen LogP contribution in [0, 0.1) is 5.82 Å². The van der Waals surface area contributed by atoms with Gasteiger partial charge in [0.1, 0.15) is 17.7 Å². The van der Waals surface area contributed by atoms with Gasteiger partial charge in [0.25, 0.3) is 11.8 Å². The van der Waals surface area contributed by atoms with E-state index in [1.165, 1.54) is 12.1 Å². The van der Waals surface area contributed by atoms with Crippen LogP contribution in [0.5, 0.6) is 5.75 Å². The Labute approximate surface area is 201 Å². The van der Waals surface area contributed by atoms with Gasteiger partial charge in [-0.05, 0) is 51.3 Å². The number of aliphatic hydroxyl groups is 1. The Balaban J connectivity index is 1.16. The second kappa shape index (κ2) is 8.89. The molecule has 10 nitrogen and oxygen atoms in total. The van der Waals surface area contributed by atoms with Crippen LogP contribution in [0.15, 0.2) is 18.2 Å². The molecule has 34 heavy (non-hydrogen) atoms. The maximum absolute atomic E-state index is 13.6. The van der Waals surface area contributed by atoms with E-state index in [4.69, 9.17) is 21.2 Å². The molecule has 2 aliphatic heterocycles. The molecule has 2 bridgehead atoms. The lowest BCUT2D eigenvalue weighted by molar-refractivity contribution is -0.144. The fraction of sp³-hybridized carbons (Fsp3) is 0.636. The van der Waals surface area contributed by atoms with Gasteiger partial charge in [-0.3, -0.25) is 24.6 Å². The summed E-state index contributed by atoms with van der Waals surface area (Å²) in [6.45, 7) is 0.353. The van der Waals surface area contributed by atoms with E-state index in [-0.39, 0.29) is 35.5 Å². The van der Waals surface area contributed by atoms with E-state index in [0.29, 0.717) is 38.8 Å². The number of hydrogen-bond donors (Lipinski definition) is 5. The summed E-state index contributed by atoms with van der Waals surface area (Å²) in [6, 6.07) is 3.85. The molecule has 186 valence electrons. The van der Waals surface area contributed by atoms with E-state index in [0.717, 1.165) is 6.07 Å². The molecule has 4 unspecified atom stereocenters. The summed E-state index contributed by atoms with van der Waals surface area (Å²) < 4.78 is 18.9. The first-order valence-electron chi connectivity index (χ1n) is 11.4. The number of nitrogens with one attached hydrogen (secondary N) is 4. The van der Waals surface area contributed by atoms with Crippen molar-refractivity contribution >= 4 is 23.4 Å². The Hall–Kier alpha value is -2.02. The number of aliphatic hydroxyl groups excluding tert-OH is 1. The quantitative estimate of drug-likeness (QED) is 0.372. The molecule has 3 saturated carbocycles. The normalized spacial score (nSPS) is 36.8. The minimum atomic E-state index is -0.821. The van der Waals surface area contributed by atoms with Crippen molar-refractivity contribution in [3.05, 3.63) is 29.0 Å². The molecule has 2 amide bonds. The van der Waals surface area contributed by atoms with Crippen LogP contribution in [-0.4, -0.2) is 77.6 Å². The summed E-state index contributed by atoms with van der Waals surface area (Å²) in [5.74, 6) is -1.04. The van der Waals surface area contributed by atoms with Gasteiger partial charge in [0.2, 0.25) is 0 Å². The molecule has 1 aromatic rings. The average Bonchev–Trinajstić information content (AvgIpc) is 3.39. The molecule has 0 radical (unpaired) electrons. The van der Waals surface area contributed by atoms with Crippen molar-refractivity contribution in [2.24, 2.45) is 0 Å². The van der Waals surface area contributed by atoms with Crippen LogP contribution in [0.1, 0.15) is 32.1 Å². The molecular weight excluding hydrogens is 469 g/mol. The second-order valence-electron chi connectivity index (χ2n) is 9.80. The van der Waals surface area contributed by atoms with E-state index >= 15 is 0 Å². The number of likely N-dealkylation sites (N-methyl/N-ethyl adjacent to an activating group) is 1. The minimum Gasteiger partial charge on any atom is -0.484 e. The molecule has 12 heteroatoms. The van der Waals surface area contributed by atoms with E-state index in [1.54, 1.807) is 0 Å². The summed E-state index contributed by atoms with van der Waals surface area (Å²) in [5, 5.41) is 20.2. The third-order valence-corrected chi connectivity index (χ3v) is 7.97. The number of ether oxygens (including phenoxy) is 1. The first-order chi connectivity index (χ1) is 16.2. The van der Waals surface area contributed by atoms with Crippen LogP contribution in [-0.2, 0) is 14.4 Å². The fourth-order valence-electron chi connectivity index (χ4n) is 5.69. The lowest BCUT2D eigenvalue weighted by Gasteiger charge is -2.56. The molecule has 3 aliphatic carbocycles. The maximum Gasteiger partial charge on any atom is 0.258 e. The summed E-state index contributed by atoms with van der Waals surface area (Å²) in [7, 11) is 1.93. The van der Waals surface area contributed by atoms with Crippen LogP contribution >= 0.6 is 11.6 Å². The van der Waals surface area contributed by atoms with Crippen LogP contribution in [0.2, 0.25) is 5.02 Å². The summed E-state index contributed by atoms with van der Waals surface area (Å²) in [4.78, 5) is 33.2. The Bertz CT molecular complexity index is 975. The smallest absolute Gasteiger partial charge is 0.258 e. The molecule has 2 heterocycles. The molecule has 5 aliphatic rings. The van der Waals surface area contributed by atoms with Crippen LogP contribution in [0.25, 0.3) is 0 Å². The zero-order chi connectivity index (χ0) is 24.1. The van der Waals surface area contributed by atoms with Gasteiger partial charge >= 0.3 is 0 Å². The molecule has 2 saturated heterocycles. The molecule has 4 atom stereocenters. The van der Waals surface area contributed by atoms with Gasteiger partial charge in [0, 0.05) is 18.3 Å². The molecule has 5 N–H and O–H groups in total. The zero-order valence-corrected chi connectivity index (χ0v) is 19.5. The number of fused-ring (bicyclic) bond motifs is 4. The first-order valence-corrected chi connectivity index (χ1v) is 11.8. The Morgan fingerprint density at radius 3 is 2.79 bits per heavy atom. The number of hydroxylamine groups is 1. The number of hydrogen-bond acceptors (Lipinski definition) is 8. The lowest BCUT2D eigenvalue weighted by Crippen LogP contribution is -2.71. The van der Waals surface area contributed by atoms with Crippen molar-refractivity contribution in [2.45, 2.75) is 67.6 Å². The van der Waals surface area contributed by atoms with Crippen molar-refractivity contribution in [2.75, 3.05) is 20.3 Å². The highest BCUT2D eigenvalue weighted by molar-refractivity contribution is 6.30.